The molecule has 0 spiro atoms. The van der Waals surface area contributed by atoms with Crippen LogP contribution in [0.2, 0.25) is 0 Å². The van der Waals surface area contributed by atoms with E-state index in [4.69, 9.17) is 4.55 Å². The number of rotatable bonds is 5. The maximum absolute atomic E-state index is 10.7. The fourth-order valence-corrected chi connectivity index (χ4v) is 1.10. The van der Waals surface area contributed by atoms with Crippen molar-refractivity contribution < 1.29 is 22.6 Å². The minimum Gasteiger partial charge on any atom is -0.291 e. The standard InChI is InChI=1S/C6H10O5S/c1-2-3-5(7)6(8)4-12(9,10)11/h2-4H2,1H3,(H,9,10,11). The summed E-state index contributed by atoms with van der Waals surface area (Å²) >= 11 is 0. The largest absolute Gasteiger partial charge is 0.291 e. The van der Waals surface area contributed by atoms with Crippen LogP contribution in [-0.2, 0) is 19.7 Å². The minimum atomic E-state index is -4.36. The summed E-state index contributed by atoms with van der Waals surface area (Å²) in [5, 5.41) is 0. The van der Waals surface area contributed by atoms with E-state index in [1.807, 2.05) is 0 Å². The summed E-state index contributed by atoms with van der Waals surface area (Å²) in [6, 6.07) is 0. The molecule has 0 heterocycles. The van der Waals surface area contributed by atoms with Gasteiger partial charge in [-0.3, -0.25) is 14.1 Å². The second kappa shape index (κ2) is 4.32. The molecule has 1 N–H and O–H groups in total. The number of carbonyl (C=O) groups excluding carboxylic acids is 2. The smallest absolute Gasteiger partial charge is 0.272 e. The van der Waals surface area contributed by atoms with E-state index in [1.54, 1.807) is 6.92 Å². The van der Waals surface area contributed by atoms with Crippen molar-refractivity contribution in [3.05, 3.63) is 0 Å². The molecule has 6 heteroatoms. The Morgan fingerprint density at radius 3 is 2.08 bits per heavy atom. The first-order chi connectivity index (χ1) is 5.37. The monoisotopic (exact) mass is 194 g/mol. The molecule has 12 heavy (non-hydrogen) atoms. The van der Waals surface area contributed by atoms with E-state index in [2.05, 4.69) is 0 Å². The molecule has 0 atom stereocenters. The molecular weight excluding hydrogens is 184 g/mol. The van der Waals surface area contributed by atoms with E-state index in [-0.39, 0.29) is 6.42 Å². The first kappa shape index (κ1) is 11.2. The highest BCUT2D eigenvalue weighted by molar-refractivity contribution is 7.86. The zero-order chi connectivity index (χ0) is 9.78. The number of ketones is 2. The van der Waals surface area contributed by atoms with Gasteiger partial charge in [0.1, 0.15) is 5.75 Å². The number of carbonyl (C=O) groups is 2. The van der Waals surface area contributed by atoms with Gasteiger partial charge in [0.15, 0.2) is 5.78 Å². The predicted octanol–water partition coefficient (Wildman–Crippen LogP) is -0.187. The highest BCUT2D eigenvalue weighted by Crippen LogP contribution is 1.93. The Morgan fingerprint density at radius 2 is 1.75 bits per heavy atom. The van der Waals surface area contributed by atoms with Gasteiger partial charge in [0.2, 0.25) is 5.78 Å². The van der Waals surface area contributed by atoms with Crippen LogP contribution in [0.25, 0.3) is 0 Å². The van der Waals surface area contributed by atoms with Crippen LogP contribution in [-0.4, -0.2) is 30.3 Å². The fraction of sp³-hybridized carbons (Fsp3) is 0.667. The molecule has 0 aromatic heterocycles. The summed E-state index contributed by atoms with van der Waals surface area (Å²) in [6.45, 7) is 1.69. The van der Waals surface area contributed by atoms with E-state index in [1.165, 1.54) is 0 Å². The van der Waals surface area contributed by atoms with Crippen LogP contribution >= 0.6 is 0 Å². The van der Waals surface area contributed by atoms with Crippen molar-refractivity contribution in [1.82, 2.24) is 0 Å². The predicted molar refractivity (Wildman–Crippen MR) is 41.3 cm³/mol. The number of Topliss-reactive ketones (excluding diaryl/α,β-unsaturated/α-hetero) is 2. The summed E-state index contributed by atoms with van der Waals surface area (Å²) < 4.78 is 28.5. The third-order valence-electron chi connectivity index (χ3n) is 1.10. The second-order valence-corrected chi connectivity index (χ2v) is 3.78. The fourth-order valence-electron chi connectivity index (χ4n) is 0.613. The van der Waals surface area contributed by atoms with Crippen LogP contribution in [0, 0.1) is 0 Å². The highest BCUT2D eigenvalue weighted by atomic mass is 32.2. The van der Waals surface area contributed by atoms with E-state index in [0.29, 0.717) is 6.42 Å². The average Bonchev–Trinajstić information content (AvgIpc) is 1.84. The SMILES string of the molecule is CCCC(=O)C(=O)CS(=O)(=O)O. The van der Waals surface area contributed by atoms with E-state index >= 15 is 0 Å². The van der Waals surface area contributed by atoms with Crippen molar-refractivity contribution in [3.8, 4) is 0 Å². The maximum atomic E-state index is 10.7. The van der Waals surface area contributed by atoms with Gasteiger partial charge < -0.3 is 0 Å². The van der Waals surface area contributed by atoms with Crippen LogP contribution in [0.4, 0.5) is 0 Å². The Morgan fingerprint density at radius 1 is 1.25 bits per heavy atom. The molecule has 0 saturated carbocycles. The van der Waals surface area contributed by atoms with Crippen LogP contribution in [0.3, 0.4) is 0 Å². The van der Waals surface area contributed by atoms with E-state index in [0.717, 1.165) is 0 Å². The quantitative estimate of drug-likeness (QED) is 0.484. The van der Waals surface area contributed by atoms with Gasteiger partial charge >= 0.3 is 0 Å². The van der Waals surface area contributed by atoms with Gasteiger partial charge in [0.25, 0.3) is 10.1 Å². The first-order valence-electron chi connectivity index (χ1n) is 3.38. The summed E-state index contributed by atoms with van der Waals surface area (Å²) in [5.74, 6) is -2.92. The summed E-state index contributed by atoms with van der Waals surface area (Å²) in [4.78, 5) is 21.4. The van der Waals surface area contributed by atoms with Crippen molar-refractivity contribution in [2.45, 2.75) is 19.8 Å². The minimum absolute atomic E-state index is 0.0222. The van der Waals surface area contributed by atoms with Crippen LogP contribution in [0.15, 0.2) is 0 Å². The molecule has 0 aromatic carbocycles. The molecular formula is C6H10O5S. The second-order valence-electron chi connectivity index (χ2n) is 2.32. The van der Waals surface area contributed by atoms with Gasteiger partial charge in [-0.2, -0.15) is 8.42 Å². The summed E-state index contributed by atoms with van der Waals surface area (Å²) in [5.41, 5.74) is 0. The van der Waals surface area contributed by atoms with Crippen LogP contribution in [0.1, 0.15) is 19.8 Å². The highest BCUT2D eigenvalue weighted by Gasteiger charge is 2.19. The normalized spacial score (nSPS) is 11.2. The molecule has 0 aliphatic carbocycles. The molecule has 0 aliphatic rings. The molecule has 0 fully saturated rings. The topological polar surface area (TPSA) is 88.5 Å². The molecule has 0 aliphatic heterocycles. The van der Waals surface area contributed by atoms with Crippen molar-refractivity contribution in [2.75, 3.05) is 5.75 Å². The van der Waals surface area contributed by atoms with Gasteiger partial charge in [0.05, 0.1) is 0 Å². The van der Waals surface area contributed by atoms with Crippen molar-refractivity contribution >= 4 is 21.7 Å². The third kappa shape index (κ3) is 4.97. The molecule has 0 unspecified atom stereocenters. The van der Waals surface area contributed by atoms with Crippen molar-refractivity contribution in [3.63, 3.8) is 0 Å². The maximum Gasteiger partial charge on any atom is 0.272 e. The third-order valence-corrected chi connectivity index (χ3v) is 1.73. The Hall–Kier alpha value is -0.750. The van der Waals surface area contributed by atoms with Crippen LogP contribution in [0.5, 0.6) is 0 Å². The molecule has 0 rings (SSSR count). The van der Waals surface area contributed by atoms with Crippen molar-refractivity contribution in [2.24, 2.45) is 0 Å². The lowest BCUT2D eigenvalue weighted by Crippen LogP contribution is -2.23. The molecule has 0 bridgehead atoms. The van der Waals surface area contributed by atoms with E-state index < -0.39 is 27.4 Å². The molecule has 70 valence electrons. The average molecular weight is 194 g/mol. The first-order valence-corrected chi connectivity index (χ1v) is 4.99. The van der Waals surface area contributed by atoms with Gasteiger partial charge in [-0.05, 0) is 6.42 Å². The zero-order valence-corrected chi connectivity index (χ0v) is 7.43. The Kier molecular flexibility index (Phi) is 4.05. The molecule has 5 nitrogen and oxygen atoms in total. The molecule has 0 aromatic rings. The zero-order valence-electron chi connectivity index (χ0n) is 6.61. The molecule has 0 amide bonds. The van der Waals surface area contributed by atoms with Gasteiger partial charge in [-0.25, -0.2) is 0 Å². The lowest BCUT2D eigenvalue weighted by Gasteiger charge is -1.94. The molecule has 0 radical (unpaired) electrons. The number of hydrogen-bond acceptors (Lipinski definition) is 4. The Bertz CT molecular complexity index is 276. The lowest BCUT2D eigenvalue weighted by molar-refractivity contribution is -0.135. The molecule has 0 saturated heterocycles. The lowest BCUT2D eigenvalue weighted by atomic mass is 10.2. The Balaban J connectivity index is 4.15. The Labute approximate surface area is 70.5 Å². The van der Waals surface area contributed by atoms with Gasteiger partial charge in [-0.1, -0.05) is 6.92 Å². The number of hydrogen-bond donors (Lipinski definition) is 1. The van der Waals surface area contributed by atoms with E-state index in [9.17, 15) is 18.0 Å². The van der Waals surface area contributed by atoms with Gasteiger partial charge in [0, 0.05) is 6.42 Å². The summed E-state index contributed by atoms with van der Waals surface area (Å²) in [7, 11) is -4.36. The van der Waals surface area contributed by atoms with Gasteiger partial charge in [-0.15, -0.1) is 0 Å². The van der Waals surface area contributed by atoms with Crippen LogP contribution < -0.4 is 0 Å². The van der Waals surface area contributed by atoms with Crippen molar-refractivity contribution in [1.29, 1.82) is 0 Å². The summed E-state index contributed by atoms with van der Waals surface area (Å²) in [6.07, 6.45) is 0.504.